The molecule has 0 spiro atoms. The van der Waals surface area contributed by atoms with Gasteiger partial charge in [-0.05, 0) is 12.8 Å². The second-order valence-electron chi connectivity index (χ2n) is 4.20. The van der Waals surface area contributed by atoms with Crippen LogP contribution in [-0.4, -0.2) is 22.5 Å². The fourth-order valence-corrected chi connectivity index (χ4v) is 1.43. The second-order valence-corrected chi connectivity index (χ2v) is 4.20. The molecule has 1 aromatic heterocycles. The molecule has 1 rings (SSSR count). The lowest BCUT2D eigenvalue weighted by Crippen LogP contribution is -2.13. The first-order valence-corrected chi connectivity index (χ1v) is 5.76. The third-order valence-electron chi connectivity index (χ3n) is 2.16. The van der Waals surface area contributed by atoms with Crippen molar-refractivity contribution in [1.82, 2.24) is 9.97 Å². The molecule has 0 aromatic carbocycles. The maximum atomic E-state index is 12.8. The first-order chi connectivity index (χ1) is 8.45. The number of nitrogens with zero attached hydrogens (tertiary/aromatic N) is 2. The smallest absolute Gasteiger partial charge is 0.341 e. The summed E-state index contributed by atoms with van der Waals surface area (Å²) in [5.74, 6) is -0.249. The van der Waals surface area contributed by atoms with E-state index in [0.29, 0.717) is 12.2 Å². The molecule has 0 N–H and O–H groups in total. The highest BCUT2D eigenvalue weighted by atomic mass is 19.3. The minimum atomic E-state index is -2.82. The molecule has 0 aliphatic rings. The van der Waals surface area contributed by atoms with E-state index < -0.39 is 18.1 Å². The predicted octanol–water partition coefficient (Wildman–Crippen LogP) is 2.79. The Kier molecular flexibility index (Phi) is 5.12. The van der Waals surface area contributed by atoms with E-state index in [1.807, 2.05) is 13.8 Å². The number of rotatable bonds is 5. The van der Waals surface area contributed by atoms with E-state index in [1.54, 1.807) is 6.92 Å². The topological polar surface area (TPSA) is 52.1 Å². The van der Waals surface area contributed by atoms with Gasteiger partial charge in [0.25, 0.3) is 6.43 Å². The van der Waals surface area contributed by atoms with Gasteiger partial charge in [0.05, 0.1) is 6.61 Å². The van der Waals surface area contributed by atoms with Gasteiger partial charge in [-0.1, -0.05) is 13.8 Å². The molecule has 6 heteroatoms. The zero-order valence-electron chi connectivity index (χ0n) is 10.6. The molecule has 0 radical (unpaired) electrons. The minimum Gasteiger partial charge on any atom is -0.462 e. The van der Waals surface area contributed by atoms with Gasteiger partial charge in [0.1, 0.15) is 17.1 Å². The van der Waals surface area contributed by atoms with Gasteiger partial charge in [0, 0.05) is 12.6 Å². The van der Waals surface area contributed by atoms with Crippen molar-refractivity contribution in [3.8, 4) is 0 Å². The van der Waals surface area contributed by atoms with Gasteiger partial charge >= 0.3 is 5.97 Å². The van der Waals surface area contributed by atoms with Crippen molar-refractivity contribution < 1.29 is 18.3 Å². The molecular weight excluding hydrogens is 242 g/mol. The van der Waals surface area contributed by atoms with E-state index in [2.05, 4.69) is 14.7 Å². The number of hydrogen-bond acceptors (Lipinski definition) is 4. The number of alkyl halides is 2. The van der Waals surface area contributed by atoms with Gasteiger partial charge < -0.3 is 4.74 Å². The number of carbonyl (C=O) groups excluding carboxylic acids is 1. The Morgan fingerprint density at radius 2 is 2.11 bits per heavy atom. The molecule has 100 valence electrons. The number of carbonyl (C=O) groups is 1. The molecule has 4 nitrogen and oxygen atoms in total. The molecule has 18 heavy (non-hydrogen) atoms. The lowest BCUT2D eigenvalue weighted by molar-refractivity contribution is 0.0512. The number of halogens is 2. The van der Waals surface area contributed by atoms with Crippen molar-refractivity contribution in [3.63, 3.8) is 0 Å². The van der Waals surface area contributed by atoms with E-state index in [1.165, 1.54) is 0 Å². The summed E-state index contributed by atoms with van der Waals surface area (Å²) in [6, 6.07) is 0. The fraction of sp³-hybridized carbons (Fsp3) is 0.583. The third-order valence-corrected chi connectivity index (χ3v) is 2.16. The minimum absolute atomic E-state index is 0.120. The van der Waals surface area contributed by atoms with Crippen LogP contribution in [0.4, 0.5) is 8.78 Å². The van der Waals surface area contributed by atoms with Crippen LogP contribution < -0.4 is 0 Å². The van der Waals surface area contributed by atoms with Gasteiger partial charge in [0.2, 0.25) is 0 Å². The van der Waals surface area contributed by atoms with Crippen LogP contribution in [0.15, 0.2) is 6.20 Å². The van der Waals surface area contributed by atoms with Crippen LogP contribution in [0.25, 0.3) is 0 Å². The zero-order chi connectivity index (χ0) is 13.7. The molecule has 0 saturated heterocycles. The number of hydrogen-bond donors (Lipinski definition) is 0. The molecular formula is C12H16F2N2O2. The Balaban J connectivity index is 3.08. The van der Waals surface area contributed by atoms with E-state index in [4.69, 9.17) is 0 Å². The zero-order valence-corrected chi connectivity index (χ0v) is 10.6. The highest BCUT2D eigenvalue weighted by Crippen LogP contribution is 2.21. The van der Waals surface area contributed by atoms with Gasteiger partial charge in [0.15, 0.2) is 0 Å². The summed E-state index contributed by atoms with van der Waals surface area (Å²) in [5.41, 5.74) is -0.821. The first kappa shape index (κ1) is 14.5. The highest BCUT2D eigenvalue weighted by molar-refractivity contribution is 5.90. The van der Waals surface area contributed by atoms with Crippen LogP contribution in [0.5, 0.6) is 0 Å². The SMILES string of the molecule is CCOC(=O)c1cnc(CC(C)C)nc1C(F)F. The summed E-state index contributed by atoms with van der Waals surface area (Å²) in [5, 5.41) is 0. The molecule has 1 heterocycles. The van der Waals surface area contributed by atoms with Crippen molar-refractivity contribution in [2.75, 3.05) is 6.61 Å². The second kappa shape index (κ2) is 6.37. The van der Waals surface area contributed by atoms with E-state index in [9.17, 15) is 13.6 Å². The molecule has 0 fully saturated rings. The molecule has 0 amide bonds. The summed E-state index contributed by atoms with van der Waals surface area (Å²) in [6.07, 6.45) is -1.22. The van der Waals surface area contributed by atoms with Crippen molar-refractivity contribution in [1.29, 1.82) is 0 Å². The first-order valence-electron chi connectivity index (χ1n) is 5.76. The van der Waals surface area contributed by atoms with E-state index in [-0.39, 0.29) is 18.1 Å². The predicted molar refractivity (Wildman–Crippen MR) is 61.5 cm³/mol. The van der Waals surface area contributed by atoms with Crippen LogP contribution in [0.2, 0.25) is 0 Å². The maximum absolute atomic E-state index is 12.8. The fourth-order valence-electron chi connectivity index (χ4n) is 1.43. The van der Waals surface area contributed by atoms with Crippen molar-refractivity contribution >= 4 is 5.97 Å². The van der Waals surface area contributed by atoms with E-state index >= 15 is 0 Å². The molecule has 0 bridgehead atoms. The Bertz CT molecular complexity index is 423. The summed E-state index contributed by atoms with van der Waals surface area (Å²) in [4.78, 5) is 19.1. The standard InChI is InChI=1S/C12H16F2N2O2/c1-4-18-12(17)8-6-15-9(5-7(2)3)16-10(8)11(13)14/h6-7,11H,4-5H2,1-3H3. The van der Waals surface area contributed by atoms with Gasteiger partial charge in [-0.3, -0.25) is 0 Å². The van der Waals surface area contributed by atoms with Gasteiger partial charge in [-0.15, -0.1) is 0 Å². The highest BCUT2D eigenvalue weighted by Gasteiger charge is 2.22. The van der Waals surface area contributed by atoms with Crippen molar-refractivity contribution in [3.05, 3.63) is 23.3 Å². The maximum Gasteiger partial charge on any atom is 0.341 e. The Labute approximate surface area is 104 Å². The summed E-state index contributed by atoms with van der Waals surface area (Å²) in [6.45, 7) is 5.60. The summed E-state index contributed by atoms with van der Waals surface area (Å²) >= 11 is 0. The lowest BCUT2D eigenvalue weighted by Gasteiger charge is -2.09. The van der Waals surface area contributed by atoms with E-state index in [0.717, 1.165) is 6.20 Å². The van der Waals surface area contributed by atoms with Gasteiger partial charge in [-0.2, -0.15) is 0 Å². The number of ether oxygens (including phenoxy) is 1. The van der Waals surface area contributed by atoms with Gasteiger partial charge in [-0.25, -0.2) is 23.5 Å². The molecule has 0 aliphatic carbocycles. The Morgan fingerprint density at radius 1 is 1.44 bits per heavy atom. The van der Waals surface area contributed by atoms with Crippen LogP contribution in [0.1, 0.15) is 49.1 Å². The average molecular weight is 258 g/mol. The lowest BCUT2D eigenvalue weighted by atomic mass is 10.1. The summed E-state index contributed by atoms with van der Waals surface area (Å²) < 4.78 is 30.4. The molecule has 1 aromatic rings. The average Bonchev–Trinajstić information content (AvgIpc) is 2.28. The monoisotopic (exact) mass is 258 g/mol. The molecule has 0 aliphatic heterocycles. The van der Waals surface area contributed by atoms with Crippen LogP contribution in [-0.2, 0) is 11.2 Å². The number of esters is 1. The van der Waals surface area contributed by atoms with Crippen LogP contribution >= 0.6 is 0 Å². The Hall–Kier alpha value is -1.59. The summed E-state index contributed by atoms with van der Waals surface area (Å²) in [7, 11) is 0. The molecule has 0 atom stereocenters. The molecule has 0 unspecified atom stereocenters. The third kappa shape index (κ3) is 3.72. The van der Waals surface area contributed by atoms with Crippen LogP contribution in [0.3, 0.4) is 0 Å². The van der Waals surface area contributed by atoms with Crippen LogP contribution in [0, 0.1) is 5.92 Å². The van der Waals surface area contributed by atoms with Crippen molar-refractivity contribution in [2.45, 2.75) is 33.6 Å². The number of aromatic nitrogens is 2. The quantitative estimate of drug-likeness (QED) is 0.762. The Morgan fingerprint density at radius 3 is 2.61 bits per heavy atom. The largest absolute Gasteiger partial charge is 0.462 e. The molecule has 0 saturated carbocycles. The van der Waals surface area contributed by atoms with Crippen molar-refractivity contribution in [2.24, 2.45) is 5.92 Å². The normalized spacial score (nSPS) is 11.1.